The average molecular weight is 163 g/mol. The molecule has 0 aliphatic rings. The fraction of sp³-hybridized carbons (Fsp3) is 0.200. The second kappa shape index (κ2) is 3.41. The van der Waals surface area contributed by atoms with Crippen LogP contribution in [0.4, 0.5) is 0 Å². The quantitative estimate of drug-likeness (QED) is 0.654. The van der Waals surface area contributed by atoms with Crippen LogP contribution in [0, 0.1) is 6.92 Å². The van der Waals surface area contributed by atoms with E-state index in [2.05, 4.69) is 6.58 Å². The van der Waals surface area contributed by atoms with Gasteiger partial charge in [-0.05, 0) is 30.2 Å². The number of hydrogen-bond donors (Lipinski definition) is 2. The van der Waals surface area contributed by atoms with Gasteiger partial charge in [-0.3, -0.25) is 0 Å². The van der Waals surface area contributed by atoms with Gasteiger partial charge < -0.3 is 10.8 Å². The van der Waals surface area contributed by atoms with Crippen molar-refractivity contribution >= 4 is 0 Å². The number of aromatic hydroxyl groups is 1. The number of aryl methyl sites for hydroxylation is 1. The minimum atomic E-state index is -0.197. The van der Waals surface area contributed by atoms with E-state index in [1.54, 1.807) is 18.2 Å². The molecule has 1 unspecified atom stereocenters. The minimum absolute atomic E-state index is 0.197. The highest BCUT2D eigenvalue weighted by Crippen LogP contribution is 2.21. The number of nitrogens with two attached hydrogens (primary N) is 1. The van der Waals surface area contributed by atoms with Crippen LogP contribution in [0.15, 0.2) is 30.9 Å². The SMILES string of the molecule is C=CC(N)c1cc(O)ccc1C. The molecule has 1 aromatic rings. The van der Waals surface area contributed by atoms with Crippen LogP contribution in [0.1, 0.15) is 17.2 Å². The summed E-state index contributed by atoms with van der Waals surface area (Å²) >= 11 is 0. The summed E-state index contributed by atoms with van der Waals surface area (Å²) in [6.07, 6.45) is 1.65. The third-order valence-electron chi connectivity index (χ3n) is 1.88. The van der Waals surface area contributed by atoms with E-state index < -0.39 is 0 Å². The first kappa shape index (κ1) is 8.81. The van der Waals surface area contributed by atoms with E-state index in [9.17, 15) is 5.11 Å². The summed E-state index contributed by atoms with van der Waals surface area (Å²) in [5.41, 5.74) is 7.73. The van der Waals surface area contributed by atoms with Crippen LogP contribution < -0.4 is 5.73 Å². The largest absolute Gasteiger partial charge is 0.508 e. The second-order valence-corrected chi connectivity index (χ2v) is 2.80. The van der Waals surface area contributed by atoms with Crippen molar-refractivity contribution in [1.29, 1.82) is 0 Å². The Balaban J connectivity index is 3.12. The van der Waals surface area contributed by atoms with Gasteiger partial charge >= 0.3 is 0 Å². The van der Waals surface area contributed by atoms with Gasteiger partial charge in [-0.25, -0.2) is 0 Å². The molecular formula is C10H13NO. The summed E-state index contributed by atoms with van der Waals surface area (Å²) in [6, 6.07) is 4.96. The summed E-state index contributed by atoms with van der Waals surface area (Å²) in [7, 11) is 0. The number of benzene rings is 1. The third-order valence-corrected chi connectivity index (χ3v) is 1.88. The van der Waals surface area contributed by atoms with Crippen LogP contribution in [0.3, 0.4) is 0 Å². The van der Waals surface area contributed by atoms with Crippen molar-refractivity contribution in [3.63, 3.8) is 0 Å². The maximum atomic E-state index is 9.19. The standard InChI is InChI=1S/C10H13NO/c1-3-10(11)9-6-8(12)5-4-7(9)2/h3-6,10,12H,1,11H2,2H3. The van der Waals surface area contributed by atoms with E-state index in [-0.39, 0.29) is 11.8 Å². The van der Waals surface area contributed by atoms with Gasteiger partial charge in [0.1, 0.15) is 5.75 Å². The van der Waals surface area contributed by atoms with Crippen LogP contribution in [0.25, 0.3) is 0 Å². The molecule has 0 aromatic heterocycles. The molecule has 64 valence electrons. The van der Waals surface area contributed by atoms with Gasteiger partial charge in [0.15, 0.2) is 0 Å². The lowest BCUT2D eigenvalue weighted by Crippen LogP contribution is -2.07. The van der Waals surface area contributed by atoms with Crippen molar-refractivity contribution < 1.29 is 5.11 Å². The van der Waals surface area contributed by atoms with Crippen LogP contribution >= 0.6 is 0 Å². The van der Waals surface area contributed by atoms with Crippen LogP contribution in [-0.2, 0) is 0 Å². The molecule has 1 aromatic carbocycles. The van der Waals surface area contributed by atoms with Crippen LogP contribution in [0.2, 0.25) is 0 Å². The smallest absolute Gasteiger partial charge is 0.115 e. The Morgan fingerprint density at radius 2 is 2.25 bits per heavy atom. The summed E-state index contributed by atoms with van der Waals surface area (Å²) in [5.74, 6) is 0.243. The topological polar surface area (TPSA) is 46.2 Å². The summed E-state index contributed by atoms with van der Waals surface area (Å²) < 4.78 is 0. The normalized spacial score (nSPS) is 12.5. The Morgan fingerprint density at radius 3 is 2.83 bits per heavy atom. The zero-order valence-corrected chi connectivity index (χ0v) is 7.12. The van der Waals surface area contributed by atoms with Gasteiger partial charge in [0.25, 0.3) is 0 Å². The van der Waals surface area contributed by atoms with Crippen molar-refractivity contribution in [1.82, 2.24) is 0 Å². The predicted molar refractivity (Wildman–Crippen MR) is 50.0 cm³/mol. The first-order valence-electron chi connectivity index (χ1n) is 3.83. The van der Waals surface area contributed by atoms with Gasteiger partial charge in [0, 0.05) is 6.04 Å². The highest BCUT2D eigenvalue weighted by atomic mass is 16.3. The van der Waals surface area contributed by atoms with Crippen molar-refractivity contribution in [2.24, 2.45) is 5.73 Å². The van der Waals surface area contributed by atoms with E-state index in [0.717, 1.165) is 11.1 Å². The fourth-order valence-corrected chi connectivity index (χ4v) is 1.11. The van der Waals surface area contributed by atoms with Crippen molar-refractivity contribution in [2.45, 2.75) is 13.0 Å². The van der Waals surface area contributed by atoms with E-state index in [4.69, 9.17) is 5.73 Å². The molecule has 3 N–H and O–H groups in total. The molecule has 0 fully saturated rings. The van der Waals surface area contributed by atoms with Crippen molar-refractivity contribution in [3.05, 3.63) is 42.0 Å². The number of hydrogen-bond acceptors (Lipinski definition) is 2. The molecule has 0 saturated carbocycles. The lowest BCUT2D eigenvalue weighted by Gasteiger charge is -2.10. The molecule has 0 bridgehead atoms. The maximum Gasteiger partial charge on any atom is 0.115 e. The molecule has 12 heavy (non-hydrogen) atoms. The molecule has 1 atom stereocenters. The van der Waals surface area contributed by atoms with Gasteiger partial charge in [0.05, 0.1) is 0 Å². The Hall–Kier alpha value is -1.28. The highest BCUT2D eigenvalue weighted by Gasteiger charge is 2.05. The predicted octanol–water partition coefficient (Wildman–Crippen LogP) is 1.89. The lowest BCUT2D eigenvalue weighted by atomic mass is 10.0. The molecular weight excluding hydrogens is 150 g/mol. The van der Waals surface area contributed by atoms with Crippen LogP contribution in [0.5, 0.6) is 5.75 Å². The van der Waals surface area contributed by atoms with Gasteiger partial charge in [-0.1, -0.05) is 12.1 Å². The zero-order chi connectivity index (χ0) is 9.14. The molecule has 0 spiro atoms. The number of phenolic OH excluding ortho intramolecular Hbond substituents is 1. The van der Waals surface area contributed by atoms with E-state index in [0.29, 0.717) is 0 Å². The Labute approximate surface area is 72.3 Å². The number of rotatable bonds is 2. The van der Waals surface area contributed by atoms with Gasteiger partial charge in [-0.2, -0.15) is 0 Å². The van der Waals surface area contributed by atoms with E-state index >= 15 is 0 Å². The molecule has 0 aliphatic heterocycles. The zero-order valence-electron chi connectivity index (χ0n) is 7.12. The highest BCUT2D eigenvalue weighted by molar-refractivity contribution is 5.37. The van der Waals surface area contributed by atoms with Crippen molar-refractivity contribution in [2.75, 3.05) is 0 Å². The second-order valence-electron chi connectivity index (χ2n) is 2.80. The summed E-state index contributed by atoms with van der Waals surface area (Å²) in [6.45, 7) is 5.56. The first-order valence-corrected chi connectivity index (χ1v) is 3.83. The Morgan fingerprint density at radius 1 is 1.58 bits per heavy atom. The van der Waals surface area contributed by atoms with E-state index in [1.807, 2.05) is 13.0 Å². The van der Waals surface area contributed by atoms with E-state index in [1.165, 1.54) is 0 Å². The molecule has 0 saturated heterocycles. The molecule has 1 rings (SSSR count). The molecule has 0 radical (unpaired) electrons. The Bertz CT molecular complexity index is 294. The maximum absolute atomic E-state index is 9.19. The van der Waals surface area contributed by atoms with Crippen molar-refractivity contribution in [3.8, 4) is 5.75 Å². The molecule has 2 nitrogen and oxygen atoms in total. The summed E-state index contributed by atoms with van der Waals surface area (Å²) in [5, 5.41) is 9.19. The lowest BCUT2D eigenvalue weighted by molar-refractivity contribution is 0.474. The molecule has 2 heteroatoms. The monoisotopic (exact) mass is 163 g/mol. The van der Waals surface area contributed by atoms with Gasteiger partial charge in [-0.15, -0.1) is 6.58 Å². The van der Waals surface area contributed by atoms with Crippen LogP contribution in [-0.4, -0.2) is 5.11 Å². The summed E-state index contributed by atoms with van der Waals surface area (Å²) in [4.78, 5) is 0. The Kier molecular flexibility index (Phi) is 2.51. The fourth-order valence-electron chi connectivity index (χ4n) is 1.11. The first-order chi connectivity index (χ1) is 5.65. The minimum Gasteiger partial charge on any atom is -0.508 e. The third kappa shape index (κ3) is 1.66. The average Bonchev–Trinajstić information content (AvgIpc) is 2.08. The molecule has 0 heterocycles. The number of phenols is 1. The van der Waals surface area contributed by atoms with Gasteiger partial charge in [0.2, 0.25) is 0 Å². The molecule has 0 amide bonds. The molecule has 0 aliphatic carbocycles.